The number of hydrogen-bond acceptors (Lipinski definition) is 5. The molecule has 1 saturated heterocycles. The summed E-state index contributed by atoms with van der Waals surface area (Å²) in [5, 5.41) is 8.70. The Morgan fingerprint density at radius 3 is 3.08 bits per heavy atom. The molecule has 0 spiro atoms. The Bertz CT molecular complexity index is 744. The standard InChI is InChI=1S/C17H17NO4S2/c1-10-7-12-8-11(4-5-13(12)22-10)9-14-16(21)18(17(23)24-14)6-2-3-15(19)20/h4-5,8-10H,2-3,6-7H2,1H3,(H,19,20)/b14-9-/t10-/m1/s1. The average Bonchev–Trinajstić information content (AvgIpc) is 3.00. The van der Waals surface area contributed by atoms with Crippen LogP contribution in [0, 0.1) is 0 Å². The van der Waals surface area contributed by atoms with Gasteiger partial charge in [0.05, 0.1) is 4.91 Å². The zero-order chi connectivity index (χ0) is 17.3. The van der Waals surface area contributed by atoms with Gasteiger partial charge in [-0.1, -0.05) is 30.0 Å². The highest BCUT2D eigenvalue weighted by molar-refractivity contribution is 8.26. The van der Waals surface area contributed by atoms with Crippen LogP contribution in [0.5, 0.6) is 5.75 Å². The van der Waals surface area contributed by atoms with Gasteiger partial charge in [0.25, 0.3) is 5.91 Å². The first kappa shape index (κ1) is 17.0. The van der Waals surface area contributed by atoms with Crippen molar-refractivity contribution in [3.05, 3.63) is 34.2 Å². The van der Waals surface area contributed by atoms with E-state index in [0.717, 1.165) is 23.3 Å². The number of carbonyl (C=O) groups is 2. The summed E-state index contributed by atoms with van der Waals surface area (Å²) in [6.45, 7) is 2.37. The van der Waals surface area contributed by atoms with Crippen LogP contribution in [0.15, 0.2) is 23.1 Å². The predicted octanol–water partition coefficient (Wildman–Crippen LogP) is 3.08. The van der Waals surface area contributed by atoms with Gasteiger partial charge in [-0.2, -0.15) is 0 Å². The summed E-state index contributed by atoms with van der Waals surface area (Å²) < 4.78 is 6.16. The molecular formula is C17H17NO4S2. The molecule has 0 aromatic heterocycles. The van der Waals surface area contributed by atoms with Crippen molar-refractivity contribution in [2.24, 2.45) is 0 Å². The molecule has 1 fully saturated rings. The van der Waals surface area contributed by atoms with Gasteiger partial charge in [0, 0.05) is 19.4 Å². The van der Waals surface area contributed by atoms with E-state index in [1.165, 1.54) is 16.7 Å². The fourth-order valence-corrected chi connectivity index (χ4v) is 4.07. The Morgan fingerprint density at radius 2 is 2.33 bits per heavy atom. The summed E-state index contributed by atoms with van der Waals surface area (Å²) >= 11 is 6.50. The number of ether oxygens (including phenoxy) is 1. The van der Waals surface area contributed by atoms with Gasteiger partial charge in [0.1, 0.15) is 16.2 Å². The Hall–Kier alpha value is -1.86. The molecule has 1 atom stereocenters. The average molecular weight is 363 g/mol. The quantitative estimate of drug-likeness (QED) is 0.641. The van der Waals surface area contributed by atoms with Crippen molar-refractivity contribution < 1.29 is 19.4 Å². The topological polar surface area (TPSA) is 66.8 Å². The van der Waals surface area contributed by atoms with Crippen LogP contribution in [-0.2, 0) is 16.0 Å². The van der Waals surface area contributed by atoms with Gasteiger partial charge in [-0.3, -0.25) is 14.5 Å². The minimum absolute atomic E-state index is 0.0269. The number of carboxylic acid groups (broad SMARTS) is 1. The van der Waals surface area contributed by atoms with Crippen LogP contribution in [0.25, 0.3) is 6.08 Å². The Labute approximate surface area is 149 Å². The third-order valence-electron chi connectivity index (χ3n) is 3.86. The highest BCUT2D eigenvalue weighted by Crippen LogP contribution is 2.34. The third-order valence-corrected chi connectivity index (χ3v) is 5.24. The third kappa shape index (κ3) is 3.62. The molecular weight excluding hydrogens is 346 g/mol. The summed E-state index contributed by atoms with van der Waals surface area (Å²) in [4.78, 5) is 25.1. The van der Waals surface area contributed by atoms with E-state index in [4.69, 9.17) is 22.1 Å². The Kier molecular flexibility index (Phi) is 4.91. The van der Waals surface area contributed by atoms with Gasteiger partial charge in [-0.05, 0) is 42.7 Å². The zero-order valence-corrected chi connectivity index (χ0v) is 14.8. The summed E-state index contributed by atoms with van der Waals surface area (Å²) in [5.41, 5.74) is 2.09. The molecule has 0 radical (unpaired) electrons. The monoisotopic (exact) mass is 363 g/mol. The molecule has 0 unspecified atom stereocenters. The van der Waals surface area contributed by atoms with Crippen molar-refractivity contribution >= 4 is 46.3 Å². The molecule has 1 aromatic carbocycles. The molecule has 0 bridgehead atoms. The van der Waals surface area contributed by atoms with Crippen molar-refractivity contribution in [2.75, 3.05) is 6.54 Å². The van der Waals surface area contributed by atoms with Gasteiger partial charge < -0.3 is 9.84 Å². The Balaban J connectivity index is 1.72. The van der Waals surface area contributed by atoms with Crippen molar-refractivity contribution in [3.8, 4) is 5.75 Å². The second-order valence-corrected chi connectivity index (χ2v) is 7.51. The Morgan fingerprint density at radius 1 is 1.54 bits per heavy atom. The van der Waals surface area contributed by atoms with E-state index < -0.39 is 5.97 Å². The van der Waals surface area contributed by atoms with Gasteiger partial charge in [-0.25, -0.2) is 0 Å². The second-order valence-electron chi connectivity index (χ2n) is 5.83. The number of nitrogens with zero attached hydrogens (tertiary/aromatic N) is 1. The first-order valence-corrected chi connectivity index (χ1v) is 8.93. The molecule has 1 amide bonds. The van der Waals surface area contributed by atoms with Gasteiger partial charge in [0.2, 0.25) is 0 Å². The predicted molar refractivity (Wildman–Crippen MR) is 97.0 cm³/mol. The number of amides is 1. The number of aliphatic carboxylic acids is 1. The molecule has 1 aromatic rings. The fourth-order valence-electron chi connectivity index (χ4n) is 2.76. The molecule has 7 heteroatoms. The van der Waals surface area contributed by atoms with E-state index in [2.05, 4.69) is 0 Å². The number of rotatable bonds is 5. The van der Waals surface area contributed by atoms with Crippen molar-refractivity contribution in [3.63, 3.8) is 0 Å². The first-order valence-electron chi connectivity index (χ1n) is 7.71. The number of fused-ring (bicyclic) bond motifs is 1. The molecule has 2 aliphatic heterocycles. The van der Waals surface area contributed by atoms with Crippen LogP contribution in [0.4, 0.5) is 0 Å². The van der Waals surface area contributed by atoms with Crippen molar-refractivity contribution in [1.29, 1.82) is 0 Å². The highest BCUT2D eigenvalue weighted by atomic mass is 32.2. The van der Waals surface area contributed by atoms with Crippen LogP contribution in [-0.4, -0.2) is 38.9 Å². The minimum atomic E-state index is -0.870. The summed E-state index contributed by atoms with van der Waals surface area (Å²) in [6, 6.07) is 5.89. The van der Waals surface area contributed by atoms with E-state index in [0.29, 0.717) is 22.2 Å². The normalized spacial score (nSPS) is 21.3. The zero-order valence-electron chi connectivity index (χ0n) is 13.2. The van der Waals surface area contributed by atoms with Gasteiger partial charge in [-0.15, -0.1) is 0 Å². The fraction of sp³-hybridized carbons (Fsp3) is 0.353. The number of carbonyl (C=O) groups excluding carboxylic acids is 1. The lowest BCUT2D eigenvalue weighted by atomic mass is 10.1. The molecule has 3 rings (SSSR count). The largest absolute Gasteiger partial charge is 0.490 e. The maximum absolute atomic E-state index is 12.5. The van der Waals surface area contributed by atoms with E-state index in [1.54, 1.807) is 0 Å². The number of carboxylic acids is 1. The lowest BCUT2D eigenvalue weighted by Crippen LogP contribution is -2.29. The van der Waals surface area contributed by atoms with Crippen LogP contribution in [0.2, 0.25) is 0 Å². The minimum Gasteiger partial charge on any atom is -0.490 e. The number of thiocarbonyl (C=S) groups is 1. The van der Waals surface area contributed by atoms with Crippen LogP contribution in [0.1, 0.15) is 30.9 Å². The highest BCUT2D eigenvalue weighted by Gasteiger charge is 2.31. The lowest BCUT2D eigenvalue weighted by molar-refractivity contribution is -0.137. The van der Waals surface area contributed by atoms with Crippen LogP contribution in [0.3, 0.4) is 0 Å². The van der Waals surface area contributed by atoms with E-state index in [1.807, 2.05) is 31.2 Å². The molecule has 2 aliphatic rings. The molecule has 0 aliphatic carbocycles. The number of hydrogen-bond donors (Lipinski definition) is 1. The SMILES string of the molecule is C[C@@H]1Cc2cc(/C=C3\SC(=S)N(CCCC(=O)O)C3=O)ccc2O1. The number of benzene rings is 1. The van der Waals surface area contributed by atoms with Crippen LogP contribution < -0.4 is 4.74 Å². The van der Waals surface area contributed by atoms with E-state index in [-0.39, 0.29) is 18.4 Å². The smallest absolute Gasteiger partial charge is 0.303 e. The van der Waals surface area contributed by atoms with Crippen molar-refractivity contribution in [1.82, 2.24) is 4.90 Å². The van der Waals surface area contributed by atoms with Gasteiger partial charge in [0.15, 0.2) is 0 Å². The maximum Gasteiger partial charge on any atom is 0.303 e. The molecule has 126 valence electrons. The second kappa shape index (κ2) is 6.94. The summed E-state index contributed by atoms with van der Waals surface area (Å²) in [5.74, 6) is -0.119. The molecule has 2 heterocycles. The summed E-state index contributed by atoms with van der Waals surface area (Å²) in [7, 11) is 0. The van der Waals surface area contributed by atoms with Crippen LogP contribution >= 0.6 is 24.0 Å². The van der Waals surface area contributed by atoms with Gasteiger partial charge >= 0.3 is 5.97 Å². The lowest BCUT2D eigenvalue weighted by Gasteiger charge is -2.13. The molecule has 24 heavy (non-hydrogen) atoms. The maximum atomic E-state index is 12.5. The van der Waals surface area contributed by atoms with E-state index in [9.17, 15) is 9.59 Å². The molecule has 0 saturated carbocycles. The van der Waals surface area contributed by atoms with E-state index >= 15 is 0 Å². The molecule has 5 nitrogen and oxygen atoms in total. The number of thioether (sulfide) groups is 1. The van der Waals surface area contributed by atoms with Crippen molar-refractivity contribution in [2.45, 2.75) is 32.3 Å². The molecule has 1 N–H and O–H groups in total. The summed E-state index contributed by atoms with van der Waals surface area (Å²) in [6.07, 6.45) is 3.30. The first-order chi connectivity index (χ1) is 11.4.